The summed E-state index contributed by atoms with van der Waals surface area (Å²) in [6.45, 7) is 4.01. The van der Waals surface area contributed by atoms with E-state index in [9.17, 15) is 12.8 Å². The fourth-order valence-electron chi connectivity index (χ4n) is 2.39. The molecule has 1 unspecified atom stereocenters. The molecule has 0 aliphatic rings. The van der Waals surface area contributed by atoms with Gasteiger partial charge in [0.25, 0.3) is 0 Å². The van der Waals surface area contributed by atoms with E-state index in [1.165, 1.54) is 6.07 Å². The Kier molecular flexibility index (Phi) is 5.32. The third kappa shape index (κ3) is 4.15. The Morgan fingerprint density at radius 1 is 1.09 bits per heavy atom. The van der Waals surface area contributed by atoms with E-state index in [2.05, 4.69) is 4.72 Å². The van der Waals surface area contributed by atoms with Gasteiger partial charge >= 0.3 is 0 Å². The van der Waals surface area contributed by atoms with Crippen molar-refractivity contribution >= 4 is 10.0 Å². The van der Waals surface area contributed by atoms with E-state index in [4.69, 9.17) is 0 Å². The van der Waals surface area contributed by atoms with Gasteiger partial charge in [-0.15, -0.1) is 0 Å². The number of halogens is 1. The molecule has 0 saturated heterocycles. The molecule has 5 heteroatoms. The second-order valence-electron chi connectivity index (χ2n) is 5.28. The first-order valence-electron chi connectivity index (χ1n) is 7.25. The lowest BCUT2D eigenvalue weighted by Crippen LogP contribution is -2.28. The van der Waals surface area contributed by atoms with Gasteiger partial charge in [-0.05, 0) is 23.1 Å². The van der Waals surface area contributed by atoms with Gasteiger partial charge < -0.3 is 0 Å². The van der Waals surface area contributed by atoms with Crippen molar-refractivity contribution in [1.29, 1.82) is 0 Å². The van der Waals surface area contributed by atoms with Crippen molar-refractivity contribution in [3.63, 3.8) is 0 Å². The molecule has 2 aromatic carbocycles. The average Bonchev–Trinajstić information content (AvgIpc) is 2.47. The van der Waals surface area contributed by atoms with Crippen molar-refractivity contribution in [2.24, 2.45) is 0 Å². The van der Waals surface area contributed by atoms with Gasteiger partial charge in [-0.25, -0.2) is 17.5 Å². The molecule has 118 valence electrons. The molecule has 0 fully saturated rings. The molecular weight excluding hydrogens is 301 g/mol. The molecule has 0 aliphatic carbocycles. The molecule has 0 amide bonds. The first kappa shape index (κ1) is 16.6. The van der Waals surface area contributed by atoms with Crippen LogP contribution in [0.1, 0.15) is 25.3 Å². The maximum Gasteiger partial charge on any atom is 0.212 e. The van der Waals surface area contributed by atoms with Crippen molar-refractivity contribution < 1.29 is 12.8 Å². The summed E-state index contributed by atoms with van der Waals surface area (Å²) in [7, 11) is -3.26. The van der Waals surface area contributed by atoms with Crippen LogP contribution in [0.15, 0.2) is 48.5 Å². The van der Waals surface area contributed by atoms with Gasteiger partial charge in [-0.2, -0.15) is 0 Å². The smallest absolute Gasteiger partial charge is 0.212 e. The van der Waals surface area contributed by atoms with Crippen molar-refractivity contribution in [3.8, 4) is 11.1 Å². The monoisotopic (exact) mass is 321 g/mol. The van der Waals surface area contributed by atoms with Crippen LogP contribution >= 0.6 is 0 Å². The van der Waals surface area contributed by atoms with E-state index in [1.807, 2.05) is 31.2 Å². The van der Waals surface area contributed by atoms with Gasteiger partial charge in [0, 0.05) is 12.1 Å². The van der Waals surface area contributed by atoms with E-state index in [1.54, 1.807) is 25.1 Å². The average molecular weight is 321 g/mol. The molecule has 0 radical (unpaired) electrons. The molecule has 0 aromatic heterocycles. The summed E-state index contributed by atoms with van der Waals surface area (Å²) >= 11 is 0. The Morgan fingerprint density at radius 2 is 1.73 bits per heavy atom. The molecule has 0 heterocycles. The van der Waals surface area contributed by atoms with E-state index >= 15 is 0 Å². The van der Waals surface area contributed by atoms with Gasteiger partial charge in [-0.1, -0.05) is 56.3 Å². The minimum absolute atomic E-state index is 0.0416. The van der Waals surface area contributed by atoms with Crippen molar-refractivity contribution in [3.05, 3.63) is 59.9 Å². The number of benzene rings is 2. The molecule has 0 spiro atoms. The number of sulfonamides is 1. The second-order valence-corrected chi connectivity index (χ2v) is 7.13. The van der Waals surface area contributed by atoms with E-state index in [0.717, 1.165) is 11.1 Å². The van der Waals surface area contributed by atoms with Crippen LogP contribution in [0, 0.1) is 5.82 Å². The third-order valence-electron chi connectivity index (χ3n) is 3.50. The Bertz CT molecular complexity index is 727. The predicted molar refractivity (Wildman–Crippen MR) is 87.7 cm³/mol. The van der Waals surface area contributed by atoms with Crippen LogP contribution in [0.4, 0.5) is 4.39 Å². The lowest BCUT2D eigenvalue weighted by atomic mass is 9.98. The van der Waals surface area contributed by atoms with Gasteiger partial charge in [0.2, 0.25) is 10.0 Å². The van der Waals surface area contributed by atoms with Gasteiger partial charge in [0.05, 0.1) is 5.75 Å². The summed E-state index contributed by atoms with van der Waals surface area (Å²) < 4.78 is 39.8. The molecule has 0 saturated carbocycles. The maximum absolute atomic E-state index is 13.8. The standard InChI is InChI=1S/C17H20FNO2S/c1-3-19-22(20,21)12-13(2)14-8-10-15(11-9-14)16-6-4-5-7-17(16)18/h4-11,13,19H,3,12H2,1-2H3. The van der Waals surface area contributed by atoms with E-state index in [-0.39, 0.29) is 17.5 Å². The van der Waals surface area contributed by atoms with Crippen molar-refractivity contribution in [2.45, 2.75) is 19.8 Å². The minimum Gasteiger partial charge on any atom is -0.215 e. The Hall–Kier alpha value is -1.72. The zero-order valence-corrected chi connectivity index (χ0v) is 13.5. The normalized spacial score (nSPS) is 13.0. The second kappa shape index (κ2) is 7.03. The van der Waals surface area contributed by atoms with Crippen LogP contribution in [0.25, 0.3) is 11.1 Å². The summed E-state index contributed by atoms with van der Waals surface area (Å²) in [6, 6.07) is 14.0. The largest absolute Gasteiger partial charge is 0.215 e. The van der Waals surface area contributed by atoms with Crippen molar-refractivity contribution in [1.82, 2.24) is 4.72 Å². The van der Waals surface area contributed by atoms with Crippen LogP contribution < -0.4 is 4.72 Å². The van der Waals surface area contributed by atoms with Crippen LogP contribution in [-0.2, 0) is 10.0 Å². The van der Waals surface area contributed by atoms with Gasteiger partial charge in [-0.3, -0.25) is 0 Å². The van der Waals surface area contributed by atoms with E-state index < -0.39 is 10.0 Å². The highest BCUT2D eigenvalue weighted by molar-refractivity contribution is 7.89. The summed E-state index contributed by atoms with van der Waals surface area (Å²) in [5.41, 5.74) is 2.24. The molecule has 2 aromatic rings. The molecule has 1 N–H and O–H groups in total. The quantitative estimate of drug-likeness (QED) is 0.884. The number of rotatable bonds is 6. The lowest BCUT2D eigenvalue weighted by molar-refractivity contribution is 0.578. The van der Waals surface area contributed by atoms with Crippen LogP contribution in [-0.4, -0.2) is 20.7 Å². The summed E-state index contributed by atoms with van der Waals surface area (Å²) in [4.78, 5) is 0. The molecule has 2 rings (SSSR count). The third-order valence-corrected chi connectivity index (χ3v) is 5.17. The zero-order valence-electron chi connectivity index (χ0n) is 12.7. The highest BCUT2D eigenvalue weighted by atomic mass is 32.2. The first-order chi connectivity index (χ1) is 10.4. The summed E-state index contributed by atoms with van der Waals surface area (Å²) in [6.07, 6.45) is 0. The number of hydrogen-bond acceptors (Lipinski definition) is 2. The number of hydrogen-bond donors (Lipinski definition) is 1. The van der Waals surface area contributed by atoms with Crippen molar-refractivity contribution in [2.75, 3.05) is 12.3 Å². The Labute approximate surface area is 131 Å². The zero-order chi connectivity index (χ0) is 16.2. The molecule has 0 bridgehead atoms. The Balaban J connectivity index is 2.17. The summed E-state index contributed by atoms with van der Waals surface area (Å²) in [5, 5.41) is 0. The fourth-order valence-corrected chi connectivity index (χ4v) is 3.80. The minimum atomic E-state index is -3.26. The SMILES string of the molecule is CCNS(=O)(=O)CC(C)c1ccc(-c2ccccc2F)cc1. The topological polar surface area (TPSA) is 46.2 Å². The molecule has 22 heavy (non-hydrogen) atoms. The predicted octanol–water partition coefficient (Wildman–Crippen LogP) is 3.54. The molecule has 3 nitrogen and oxygen atoms in total. The first-order valence-corrected chi connectivity index (χ1v) is 8.90. The molecular formula is C17H20FNO2S. The molecule has 0 aliphatic heterocycles. The Morgan fingerprint density at radius 3 is 2.32 bits per heavy atom. The fraction of sp³-hybridized carbons (Fsp3) is 0.294. The maximum atomic E-state index is 13.8. The lowest BCUT2D eigenvalue weighted by Gasteiger charge is -2.13. The number of nitrogens with one attached hydrogen (secondary N) is 1. The van der Waals surface area contributed by atoms with Crippen LogP contribution in [0.2, 0.25) is 0 Å². The van der Waals surface area contributed by atoms with Gasteiger partial charge in [0.1, 0.15) is 5.82 Å². The van der Waals surface area contributed by atoms with Crippen LogP contribution in [0.5, 0.6) is 0 Å². The highest BCUT2D eigenvalue weighted by Crippen LogP contribution is 2.25. The highest BCUT2D eigenvalue weighted by Gasteiger charge is 2.16. The summed E-state index contributed by atoms with van der Waals surface area (Å²) in [5.74, 6) is -0.350. The molecule has 1 atom stereocenters. The van der Waals surface area contributed by atoms with E-state index in [0.29, 0.717) is 12.1 Å². The van der Waals surface area contributed by atoms with Gasteiger partial charge in [0.15, 0.2) is 0 Å². The van der Waals surface area contributed by atoms with Crippen LogP contribution in [0.3, 0.4) is 0 Å².